The Morgan fingerprint density at radius 2 is 2.09 bits per heavy atom. The van der Waals surface area contributed by atoms with Crippen molar-refractivity contribution in [1.82, 2.24) is 0 Å². The van der Waals surface area contributed by atoms with Gasteiger partial charge in [-0.1, -0.05) is 22.0 Å². The fraction of sp³-hybridized carbons (Fsp3) is 0.133. The van der Waals surface area contributed by atoms with Gasteiger partial charge in [0.1, 0.15) is 5.82 Å². The minimum atomic E-state index is -0.537. The Kier molecular flexibility index (Phi) is 5.84. The number of ether oxygens (including phenoxy) is 1. The molecule has 0 fully saturated rings. The van der Waals surface area contributed by atoms with Gasteiger partial charge in [0.05, 0.1) is 24.1 Å². The third-order valence-corrected chi connectivity index (χ3v) is 4.21. The Labute approximate surface area is 148 Å². The molecule has 0 saturated carbocycles. The first kappa shape index (κ1) is 17.6. The van der Waals surface area contributed by atoms with E-state index in [2.05, 4.69) is 36.9 Å². The fourth-order valence-corrected chi connectivity index (χ4v) is 2.68. The second-order valence-corrected chi connectivity index (χ2v) is 6.24. The zero-order chi connectivity index (χ0) is 17.0. The molecule has 0 aromatic heterocycles. The summed E-state index contributed by atoms with van der Waals surface area (Å²) in [6.07, 6.45) is 1.34. The van der Waals surface area contributed by atoms with Crippen LogP contribution in [0, 0.1) is 15.9 Å². The fourth-order valence-electron chi connectivity index (χ4n) is 1.92. The number of hydrogen-bond donors (Lipinski definition) is 0. The first-order valence-electron chi connectivity index (χ1n) is 6.38. The van der Waals surface area contributed by atoms with Crippen LogP contribution in [-0.4, -0.2) is 18.2 Å². The van der Waals surface area contributed by atoms with E-state index in [1.807, 2.05) is 0 Å². The van der Waals surface area contributed by atoms with Gasteiger partial charge in [0.25, 0.3) is 0 Å². The number of rotatable bonds is 5. The summed E-state index contributed by atoms with van der Waals surface area (Å²) in [5, 5.41) is 11.3. The molecule has 0 heterocycles. The van der Waals surface area contributed by atoms with Crippen LogP contribution in [0.2, 0.25) is 0 Å². The van der Waals surface area contributed by atoms with Crippen molar-refractivity contribution in [3.8, 4) is 5.75 Å². The van der Waals surface area contributed by atoms with Crippen LogP contribution in [0.15, 0.2) is 44.3 Å². The number of hydrogen-bond acceptors (Lipinski definition) is 4. The number of benzene rings is 2. The SMILES string of the molecule is COc1ccc(Br)c(C=NCc2ccc(Br)cc2F)c1[N+](=O)[O-]. The van der Waals surface area contributed by atoms with Gasteiger partial charge in [0, 0.05) is 20.7 Å². The maximum absolute atomic E-state index is 13.7. The molecule has 0 aliphatic heterocycles. The molecular weight excluding hydrogens is 435 g/mol. The molecule has 0 amide bonds. The second kappa shape index (κ2) is 7.65. The van der Waals surface area contributed by atoms with E-state index in [1.54, 1.807) is 18.2 Å². The molecule has 0 aliphatic rings. The summed E-state index contributed by atoms with van der Waals surface area (Å²) in [6.45, 7) is 0.0694. The summed E-state index contributed by atoms with van der Waals surface area (Å²) in [4.78, 5) is 14.8. The summed E-state index contributed by atoms with van der Waals surface area (Å²) in [7, 11) is 1.36. The van der Waals surface area contributed by atoms with E-state index in [9.17, 15) is 14.5 Å². The number of nitrogens with zero attached hydrogens (tertiary/aromatic N) is 2. The van der Waals surface area contributed by atoms with Crippen LogP contribution in [0.4, 0.5) is 10.1 Å². The number of aliphatic imine (C=N–C) groups is 1. The molecule has 23 heavy (non-hydrogen) atoms. The van der Waals surface area contributed by atoms with Gasteiger partial charge in [0.2, 0.25) is 0 Å². The van der Waals surface area contributed by atoms with Crippen LogP contribution in [0.3, 0.4) is 0 Å². The highest BCUT2D eigenvalue weighted by Crippen LogP contribution is 2.34. The topological polar surface area (TPSA) is 64.7 Å². The van der Waals surface area contributed by atoms with E-state index < -0.39 is 10.7 Å². The van der Waals surface area contributed by atoms with Crippen LogP contribution in [0.1, 0.15) is 11.1 Å². The summed E-state index contributed by atoms with van der Waals surface area (Å²) in [5.41, 5.74) is 0.472. The van der Waals surface area contributed by atoms with Crippen molar-refractivity contribution < 1.29 is 14.1 Å². The summed E-state index contributed by atoms with van der Waals surface area (Å²) < 4.78 is 19.9. The molecule has 0 unspecified atom stereocenters. The normalized spacial score (nSPS) is 11.0. The van der Waals surface area contributed by atoms with Crippen molar-refractivity contribution >= 4 is 43.8 Å². The summed E-state index contributed by atoms with van der Waals surface area (Å²) >= 11 is 6.44. The molecule has 0 aliphatic carbocycles. The van der Waals surface area contributed by atoms with Crippen LogP contribution in [0.25, 0.3) is 0 Å². The van der Waals surface area contributed by atoms with E-state index in [-0.39, 0.29) is 23.5 Å². The van der Waals surface area contributed by atoms with E-state index in [0.29, 0.717) is 14.5 Å². The van der Waals surface area contributed by atoms with Crippen LogP contribution in [0.5, 0.6) is 5.75 Å². The van der Waals surface area contributed by atoms with Gasteiger partial charge in [-0.2, -0.15) is 0 Å². The van der Waals surface area contributed by atoms with Crippen molar-refractivity contribution in [2.24, 2.45) is 4.99 Å². The molecule has 0 spiro atoms. The van der Waals surface area contributed by atoms with E-state index in [4.69, 9.17) is 4.74 Å². The lowest BCUT2D eigenvalue weighted by Crippen LogP contribution is -2.00. The third-order valence-electron chi connectivity index (χ3n) is 3.03. The average molecular weight is 446 g/mol. The van der Waals surface area contributed by atoms with Crippen LogP contribution < -0.4 is 4.74 Å². The molecule has 8 heteroatoms. The van der Waals surface area contributed by atoms with Gasteiger partial charge in [-0.3, -0.25) is 15.1 Å². The van der Waals surface area contributed by atoms with Gasteiger partial charge in [-0.15, -0.1) is 0 Å². The van der Waals surface area contributed by atoms with Crippen molar-refractivity contribution in [1.29, 1.82) is 0 Å². The highest BCUT2D eigenvalue weighted by Gasteiger charge is 2.22. The minimum absolute atomic E-state index is 0.0694. The molecule has 0 atom stereocenters. The number of methoxy groups -OCH3 is 1. The molecule has 2 aromatic rings. The molecule has 2 rings (SSSR count). The number of nitro benzene ring substituents is 1. The van der Waals surface area contributed by atoms with Crippen LogP contribution in [-0.2, 0) is 6.54 Å². The minimum Gasteiger partial charge on any atom is -0.490 e. The monoisotopic (exact) mass is 444 g/mol. The second-order valence-electron chi connectivity index (χ2n) is 4.47. The molecule has 120 valence electrons. The Balaban J connectivity index is 2.34. The van der Waals surface area contributed by atoms with Crippen molar-refractivity contribution in [3.05, 3.63) is 66.3 Å². The van der Waals surface area contributed by atoms with Crippen LogP contribution >= 0.6 is 31.9 Å². The summed E-state index contributed by atoms with van der Waals surface area (Å²) in [6, 6.07) is 7.78. The largest absolute Gasteiger partial charge is 0.490 e. The van der Waals surface area contributed by atoms with Crippen molar-refractivity contribution in [3.63, 3.8) is 0 Å². The lowest BCUT2D eigenvalue weighted by molar-refractivity contribution is -0.385. The van der Waals surface area contributed by atoms with Gasteiger partial charge in [-0.05, 0) is 40.2 Å². The first-order valence-corrected chi connectivity index (χ1v) is 7.97. The van der Waals surface area contributed by atoms with E-state index in [0.717, 1.165) is 0 Å². The molecule has 0 radical (unpaired) electrons. The zero-order valence-corrected chi connectivity index (χ0v) is 15.1. The van der Waals surface area contributed by atoms with E-state index in [1.165, 1.54) is 25.5 Å². The zero-order valence-electron chi connectivity index (χ0n) is 11.9. The maximum atomic E-state index is 13.7. The first-order chi connectivity index (χ1) is 10.9. The predicted molar refractivity (Wildman–Crippen MR) is 92.7 cm³/mol. The molecular formula is C15H11Br2FN2O3. The van der Waals surface area contributed by atoms with Crippen molar-refractivity contribution in [2.45, 2.75) is 6.54 Å². The Hall–Kier alpha value is -1.80. The van der Waals surface area contributed by atoms with Gasteiger partial charge in [0.15, 0.2) is 5.75 Å². The van der Waals surface area contributed by atoms with Crippen molar-refractivity contribution in [2.75, 3.05) is 7.11 Å². The quantitative estimate of drug-likeness (QED) is 0.374. The maximum Gasteiger partial charge on any atom is 0.320 e. The Morgan fingerprint density at radius 3 is 2.70 bits per heavy atom. The van der Waals surface area contributed by atoms with E-state index >= 15 is 0 Å². The standard InChI is InChI=1S/C15H11Br2FN2O3/c1-23-14-5-4-12(17)11(15(14)20(21)22)8-19-7-9-2-3-10(16)6-13(9)18/h2-6,8H,7H2,1H3. The van der Waals surface area contributed by atoms with Gasteiger partial charge in [-0.25, -0.2) is 4.39 Å². The molecule has 5 nitrogen and oxygen atoms in total. The number of halogens is 3. The smallest absolute Gasteiger partial charge is 0.320 e. The Bertz CT molecular complexity index is 782. The molecule has 2 aromatic carbocycles. The number of nitro groups is 1. The molecule has 0 bridgehead atoms. The average Bonchev–Trinajstić information content (AvgIpc) is 2.50. The predicted octanol–water partition coefficient (Wildman–Crippen LogP) is 4.89. The van der Waals surface area contributed by atoms with Gasteiger partial charge < -0.3 is 4.74 Å². The lowest BCUT2D eigenvalue weighted by Gasteiger charge is -2.06. The summed E-state index contributed by atoms with van der Waals surface area (Å²) in [5.74, 6) is -0.259. The molecule has 0 N–H and O–H groups in total. The highest BCUT2D eigenvalue weighted by atomic mass is 79.9. The highest BCUT2D eigenvalue weighted by molar-refractivity contribution is 9.10. The van der Waals surface area contributed by atoms with Gasteiger partial charge >= 0.3 is 5.69 Å². The Morgan fingerprint density at radius 1 is 1.35 bits per heavy atom. The third kappa shape index (κ3) is 4.14. The molecule has 0 saturated heterocycles. The lowest BCUT2D eigenvalue weighted by atomic mass is 10.1.